The van der Waals surface area contributed by atoms with Crippen LogP contribution < -0.4 is 11.1 Å². The molecule has 6 heteroatoms. The summed E-state index contributed by atoms with van der Waals surface area (Å²) < 4.78 is 24.0. The van der Waals surface area contributed by atoms with Gasteiger partial charge in [-0.1, -0.05) is 0 Å². The quantitative estimate of drug-likeness (QED) is 0.776. The van der Waals surface area contributed by atoms with Crippen molar-refractivity contribution >= 4 is 11.6 Å². The molecule has 0 aliphatic carbocycles. The molecule has 4 nitrogen and oxygen atoms in total. The minimum absolute atomic E-state index is 0.216. The van der Waals surface area contributed by atoms with Gasteiger partial charge in [0, 0.05) is 24.9 Å². The van der Waals surface area contributed by atoms with Gasteiger partial charge in [0.25, 0.3) is 0 Å². The molecule has 0 saturated carbocycles. The van der Waals surface area contributed by atoms with Crippen LogP contribution in [0, 0.1) is 0 Å². The van der Waals surface area contributed by atoms with Crippen molar-refractivity contribution in [2.75, 3.05) is 11.1 Å². The van der Waals surface area contributed by atoms with E-state index in [1.54, 1.807) is 6.92 Å². The Balaban J connectivity index is 2.56. The highest BCUT2D eigenvalue weighted by Gasteiger charge is 2.11. The van der Waals surface area contributed by atoms with Crippen LogP contribution in [0.15, 0.2) is 12.4 Å². The Morgan fingerprint density at radius 1 is 1.43 bits per heavy atom. The van der Waals surface area contributed by atoms with Crippen molar-refractivity contribution in [3.05, 3.63) is 12.4 Å². The molecular weight excluding hydrogens is 190 g/mol. The first-order chi connectivity index (χ1) is 6.59. The molecule has 0 spiro atoms. The Hall–Kier alpha value is -1.46. The molecule has 1 aromatic rings. The van der Waals surface area contributed by atoms with Crippen LogP contribution in [-0.2, 0) is 0 Å². The summed E-state index contributed by atoms with van der Waals surface area (Å²) in [6.45, 7) is 1.64. The predicted octanol–water partition coefficient (Wildman–Crippen LogP) is 1.51. The van der Waals surface area contributed by atoms with E-state index < -0.39 is 6.43 Å². The van der Waals surface area contributed by atoms with Gasteiger partial charge in [-0.2, -0.15) is 0 Å². The topological polar surface area (TPSA) is 63.8 Å². The Kier molecular flexibility index (Phi) is 3.55. The Morgan fingerprint density at radius 2 is 2.07 bits per heavy atom. The normalized spacial score (nSPS) is 12.9. The summed E-state index contributed by atoms with van der Waals surface area (Å²) in [5.41, 5.74) is 5.48. The van der Waals surface area contributed by atoms with Crippen LogP contribution in [0.1, 0.15) is 13.3 Å². The van der Waals surface area contributed by atoms with Crippen LogP contribution in [0.3, 0.4) is 0 Å². The lowest BCUT2D eigenvalue weighted by atomic mass is 10.2. The number of hydrogen-bond acceptors (Lipinski definition) is 4. The molecule has 1 heterocycles. The van der Waals surface area contributed by atoms with Crippen LogP contribution in [0.4, 0.5) is 20.4 Å². The molecule has 1 unspecified atom stereocenters. The summed E-state index contributed by atoms with van der Waals surface area (Å²) in [7, 11) is 0. The highest BCUT2D eigenvalue weighted by molar-refractivity contribution is 5.55. The third-order valence-corrected chi connectivity index (χ3v) is 1.64. The van der Waals surface area contributed by atoms with E-state index in [4.69, 9.17) is 5.73 Å². The molecule has 0 aromatic carbocycles. The number of nitrogen functional groups attached to an aromatic ring is 1. The van der Waals surface area contributed by atoms with Gasteiger partial charge < -0.3 is 11.1 Å². The van der Waals surface area contributed by atoms with Gasteiger partial charge in [0.1, 0.15) is 0 Å². The number of rotatable bonds is 4. The minimum Gasteiger partial charge on any atom is -0.381 e. The molecule has 0 fully saturated rings. The van der Waals surface area contributed by atoms with Crippen LogP contribution in [0.25, 0.3) is 0 Å². The van der Waals surface area contributed by atoms with Crippen molar-refractivity contribution in [1.82, 2.24) is 9.97 Å². The number of nitrogens with two attached hydrogens (primary N) is 1. The largest absolute Gasteiger partial charge is 0.381 e. The highest BCUT2D eigenvalue weighted by Crippen LogP contribution is 2.13. The summed E-state index contributed by atoms with van der Waals surface area (Å²) in [6.07, 6.45) is 0.317. The molecule has 78 valence electrons. The number of aromatic nitrogens is 2. The molecule has 0 aliphatic heterocycles. The van der Waals surface area contributed by atoms with E-state index in [1.165, 1.54) is 12.4 Å². The zero-order valence-electron chi connectivity index (χ0n) is 7.74. The van der Waals surface area contributed by atoms with Gasteiger partial charge in [-0.05, 0) is 6.92 Å². The molecule has 0 bridgehead atoms. The second-order valence-corrected chi connectivity index (χ2v) is 2.96. The second-order valence-electron chi connectivity index (χ2n) is 2.96. The molecule has 14 heavy (non-hydrogen) atoms. The van der Waals surface area contributed by atoms with E-state index in [-0.39, 0.29) is 18.3 Å². The first-order valence-electron chi connectivity index (χ1n) is 4.20. The Morgan fingerprint density at radius 3 is 2.64 bits per heavy atom. The molecule has 3 N–H and O–H groups in total. The summed E-state index contributed by atoms with van der Waals surface area (Å²) >= 11 is 0. The first kappa shape index (κ1) is 10.6. The van der Waals surface area contributed by atoms with Gasteiger partial charge in [0.15, 0.2) is 11.6 Å². The standard InChI is InChI=1S/C8H12F2N4/c1-5(4-6(9)10)14-8-7(11)12-2-3-13-8/h2-3,5-6H,4H2,1H3,(H2,11,12)(H,13,14). The maximum absolute atomic E-state index is 12.0. The van der Waals surface area contributed by atoms with Crippen molar-refractivity contribution < 1.29 is 8.78 Å². The summed E-state index contributed by atoms with van der Waals surface area (Å²) in [5, 5.41) is 2.76. The lowest BCUT2D eigenvalue weighted by Crippen LogP contribution is -2.20. The van der Waals surface area contributed by atoms with E-state index in [0.717, 1.165) is 0 Å². The fourth-order valence-corrected chi connectivity index (χ4v) is 1.02. The molecule has 1 atom stereocenters. The Bertz CT molecular complexity index is 292. The van der Waals surface area contributed by atoms with E-state index in [1.807, 2.05) is 0 Å². The van der Waals surface area contributed by atoms with Crippen LogP contribution in [0.2, 0.25) is 0 Å². The van der Waals surface area contributed by atoms with Crippen molar-refractivity contribution in [2.24, 2.45) is 0 Å². The van der Waals surface area contributed by atoms with E-state index in [9.17, 15) is 8.78 Å². The monoisotopic (exact) mass is 202 g/mol. The number of alkyl halides is 2. The third-order valence-electron chi connectivity index (χ3n) is 1.64. The van der Waals surface area contributed by atoms with Gasteiger partial charge >= 0.3 is 0 Å². The first-order valence-corrected chi connectivity index (χ1v) is 4.20. The maximum Gasteiger partial charge on any atom is 0.240 e. The third kappa shape index (κ3) is 3.12. The van der Waals surface area contributed by atoms with Gasteiger partial charge in [0.05, 0.1) is 0 Å². The number of nitrogens with one attached hydrogen (secondary N) is 1. The van der Waals surface area contributed by atoms with Crippen molar-refractivity contribution in [2.45, 2.75) is 25.8 Å². The highest BCUT2D eigenvalue weighted by atomic mass is 19.3. The van der Waals surface area contributed by atoms with Crippen LogP contribution in [-0.4, -0.2) is 22.4 Å². The number of halogens is 2. The van der Waals surface area contributed by atoms with E-state index in [2.05, 4.69) is 15.3 Å². The second kappa shape index (κ2) is 4.69. The number of nitrogens with zero attached hydrogens (tertiary/aromatic N) is 2. The summed E-state index contributed by atoms with van der Waals surface area (Å²) in [4.78, 5) is 7.66. The van der Waals surface area contributed by atoms with Crippen LogP contribution >= 0.6 is 0 Å². The predicted molar refractivity (Wildman–Crippen MR) is 50.2 cm³/mol. The zero-order chi connectivity index (χ0) is 10.6. The van der Waals surface area contributed by atoms with Gasteiger partial charge in [0.2, 0.25) is 6.43 Å². The SMILES string of the molecule is CC(CC(F)F)Nc1nccnc1N. The number of anilines is 2. The molecule has 0 saturated heterocycles. The molecule has 1 rings (SSSR count). The van der Waals surface area contributed by atoms with Gasteiger partial charge in [-0.3, -0.25) is 0 Å². The average molecular weight is 202 g/mol. The Labute approximate surface area is 80.6 Å². The fourth-order valence-electron chi connectivity index (χ4n) is 1.02. The summed E-state index contributed by atoms with van der Waals surface area (Å²) in [5.74, 6) is 0.564. The van der Waals surface area contributed by atoms with Crippen molar-refractivity contribution in [3.63, 3.8) is 0 Å². The molecule has 0 aliphatic rings. The van der Waals surface area contributed by atoms with Crippen molar-refractivity contribution in [3.8, 4) is 0 Å². The van der Waals surface area contributed by atoms with Crippen LogP contribution in [0.5, 0.6) is 0 Å². The molecular formula is C8H12F2N4. The number of hydrogen-bond donors (Lipinski definition) is 2. The minimum atomic E-state index is -2.34. The zero-order valence-corrected chi connectivity index (χ0v) is 7.74. The molecule has 0 amide bonds. The smallest absolute Gasteiger partial charge is 0.240 e. The lowest BCUT2D eigenvalue weighted by Gasteiger charge is -2.14. The van der Waals surface area contributed by atoms with E-state index >= 15 is 0 Å². The van der Waals surface area contributed by atoms with E-state index in [0.29, 0.717) is 5.82 Å². The van der Waals surface area contributed by atoms with Gasteiger partial charge in [-0.25, -0.2) is 18.7 Å². The lowest BCUT2D eigenvalue weighted by molar-refractivity contribution is 0.133. The molecule has 0 radical (unpaired) electrons. The average Bonchev–Trinajstić information content (AvgIpc) is 2.07. The fraction of sp³-hybridized carbons (Fsp3) is 0.500. The van der Waals surface area contributed by atoms with Crippen molar-refractivity contribution in [1.29, 1.82) is 0 Å². The summed E-state index contributed by atoms with van der Waals surface area (Å²) in [6, 6.07) is -0.381. The van der Waals surface area contributed by atoms with Gasteiger partial charge in [-0.15, -0.1) is 0 Å². The maximum atomic E-state index is 12.0. The molecule has 1 aromatic heterocycles.